The third-order valence-electron chi connectivity index (χ3n) is 3.25. The van der Waals surface area contributed by atoms with Crippen LogP contribution in [0.15, 0.2) is 6.20 Å². The average molecular weight is 286 g/mol. The van der Waals surface area contributed by atoms with Crippen LogP contribution in [0.2, 0.25) is 0 Å². The van der Waals surface area contributed by atoms with Gasteiger partial charge in [-0.2, -0.15) is 5.10 Å². The smallest absolute Gasteiger partial charge is 0.254 e. The Morgan fingerprint density at radius 1 is 1.50 bits per heavy atom. The molecule has 2 amide bonds. The summed E-state index contributed by atoms with van der Waals surface area (Å²) in [5.74, 6) is -4.63. The minimum absolute atomic E-state index is 0.0677. The number of rotatable bonds is 4. The molecule has 0 spiro atoms. The number of hydrogen-bond donors (Lipinski definition) is 2. The number of nitrogens with one attached hydrogen (secondary N) is 1. The maximum Gasteiger partial charge on any atom is 0.254 e. The fourth-order valence-electron chi connectivity index (χ4n) is 2.12. The summed E-state index contributed by atoms with van der Waals surface area (Å²) >= 11 is 0. The third-order valence-corrected chi connectivity index (χ3v) is 3.25. The topological polar surface area (TPSA) is 90.0 Å². The summed E-state index contributed by atoms with van der Waals surface area (Å²) in [5.41, 5.74) is 5.27. The summed E-state index contributed by atoms with van der Waals surface area (Å²) < 4.78 is 27.0. The lowest BCUT2D eigenvalue weighted by molar-refractivity contribution is -0.145. The van der Waals surface area contributed by atoms with Crippen molar-refractivity contribution in [3.63, 3.8) is 0 Å². The van der Waals surface area contributed by atoms with Gasteiger partial charge in [-0.05, 0) is 13.8 Å². The number of primary amides is 1. The fourth-order valence-corrected chi connectivity index (χ4v) is 2.12. The first-order valence-corrected chi connectivity index (χ1v) is 6.27. The molecule has 20 heavy (non-hydrogen) atoms. The van der Waals surface area contributed by atoms with Crippen molar-refractivity contribution in [2.75, 3.05) is 5.32 Å². The van der Waals surface area contributed by atoms with Gasteiger partial charge in [-0.25, -0.2) is 13.5 Å². The van der Waals surface area contributed by atoms with Crippen molar-refractivity contribution in [1.82, 2.24) is 9.78 Å². The molecule has 1 heterocycles. The van der Waals surface area contributed by atoms with Crippen LogP contribution in [0, 0.1) is 5.92 Å². The molecule has 1 aliphatic rings. The van der Waals surface area contributed by atoms with Gasteiger partial charge in [0.25, 0.3) is 5.91 Å². The molecule has 0 aromatic carbocycles. The molecule has 2 rings (SSSR count). The minimum atomic E-state index is -2.77. The van der Waals surface area contributed by atoms with Crippen LogP contribution >= 0.6 is 0 Å². The maximum atomic E-state index is 12.8. The van der Waals surface area contributed by atoms with Crippen molar-refractivity contribution in [3.8, 4) is 0 Å². The summed E-state index contributed by atoms with van der Waals surface area (Å²) in [7, 11) is 0. The van der Waals surface area contributed by atoms with Gasteiger partial charge in [0.05, 0.1) is 6.20 Å². The molecule has 1 aliphatic carbocycles. The molecule has 6 nitrogen and oxygen atoms in total. The number of anilines is 1. The highest BCUT2D eigenvalue weighted by Crippen LogP contribution is 2.42. The molecule has 1 saturated carbocycles. The summed E-state index contributed by atoms with van der Waals surface area (Å²) in [6, 6.07) is -0.110. The van der Waals surface area contributed by atoms with E-state index in [0.717, 1.165) is 0 Å². The molecular formula is C12H16F2N4O2. The molecule has 1 fully saturated rings. The van der Waals surface area contributed by atoms with Crippen LogP contribution in [0.25, 0.3) is 0 Å². The van der Waals surface area contributed by atoms with Gasteiger partial charge in [-0.15, -0.1) is 0 Å². The molecule has 110 valence electrons. The molecule has 0 saturated heterocycles. The first-order chi connectivity index (χ1) is 9.21. The molecule has 0 bridgehead atoms. The number of alkyl halides is 2. The Balaban J connectivity index is 2.18. The molecule has 1 aromatic heterocycles. The molecule has 0 atom stereocenters. The van der Waals surface area contributed by atoms with Crippen LogP contribution < -0.4 is 11.1 Å². The van der Waals surface area contributed by atoms with Crippen LogP contribution in [0.5, 0.6) is 0 Å². The standard InChI is InChI=1S/C12H16F2N4O2/c1-6(2)18-10(8(5-16-18)9(15)19)17-11(20)7-3-12(13,14)4-7/h5-7H,3-4H2,1-2H3,(H2,15,19)(H,17,20). The zero-order chi connectivity index (χ0) is 15.1. The van der Waals surface area contributed by atoms with Crippen molar-refractivity contribution in [2.45, 2.75) is 38.7 Å². The van der Waals surface area contributed by atoms with E-state index in [-0.39, 0.29) is 17.4 Å². The molecule has 0 aliphatic heterocycles. The average Bonchev–Trinajstić information content (AvgIpc) is 2.69. The van der Waals surface area contributed by atoms with Gasteiger partial charge in [0.1, 0.15) is 11.4 Å². The van der Waals surface area contributed by atoms with Gasteiger partial charge in [0, 0.05) is 24.8 Å². The Labute approximate surface area is 114 Å². The fraction of sp³-hybridized carbons (Fsp3) is 0.583. The summed E-state index contributed by atoms with van der Waals surface area (Å²) in [6.07, 6.45) is 0.314. The van der Waals surface area contributed by atoms with Crippen LogP contribution in [0.3, 0.4) is 0 Å². The van der Waals surface area contributed by atoms with Crippen molar-refractivity contribution in [1.29, 1.82) is 0 Å². The monoisotopic (exact) mass is 286 g/mol. The zero-order valence-corrected chi connectivity index (χ0v) is 11.2. The molecule has 0 unspecified atom stereocenters. The van der Waals surface area contributed by atoms with Crippen molar-refractivity contribution in [3.05, 3.63) is 11.8 Å². The quantitative estimate of drug-likeness (QED) is 0.879. The number of carbonyl (C=O) groups excluding carboxylic acids is 2. The lowest BCUT2D eigenvalue weighted by Gasteiger charge is -2.33. The van der Waals surface area contributed by atoms with Crippen molar-refractivity contribution < 1.29 is 18.4 Å². The molecule has 0 radical (unpaired) electrons. The van der Waals surface area contributed by atoms with Gasteiger partial charge in [0.2, 0.25) is 11.8 Å². The van der Waals surface area contributed by atoms with Crippen LogP contribution in [0.1, 0.15) is 43.1 Å². The highest BCUT2D eigenvalue weighted by Gasteiger charge is 2.48. The SMILES string of the molecule is CC(C)n1ncc(C(N)=O)c1NC(=O)C1CC(F)(F)C1. The normalized spacial score (nSPS) is 17.9. The Morgan fingerprint density at radius 2 is 2.10 bits per heavy atom. The largest absolute Gasteiger partial charge is 0.365 e. The van der Waals surface area contributed by atoms with E-state index in [4.69, 9.17) is 5.73 Å². The van der Waals surface area contributed by atoms with E-state index in [1.807, 2.05) is 13.8 Å². The molecule has 3 N–H and O–H groups in total. The highest BCUT2D eigenvalue weighted by molar-refractivity contribution is 6.02. The Kier molecular flexibility index (Phi) is 3.49. The second-order valence-electron chi connectivity index (χ2n) is 5.26. The van der Waals surface area contributed by atoms with Gasteiger partial charge in [-0.3, -0.25) is 9.59 Å². The summed E-state index contributed by atoms with van der Waals surface area (Å²) in [4.78, 5) is 23.2. The lowest BCUT2D eigenvalue weighted by Crippen LogP contribution is -2.42. The molecular weight excluding hydrogens is 270 g/mol. The highest BCUT2D eigenvalue weighted by atomic mass is 19.3. The maximum absolute atomic E-state index is 12.8. The summed E-state index contributed by atoms with van der Waals surface area (Å²) in [5, 5.41) is 6.46. The predicted octanol–water partition coefficient (Wildman–Crippen LogP) is 1.55. The number of nitrogens with two attached hydrogens (primary N) is 1. The third kappa shape index (κ3) is 2.63. The lowest BCUT2D eigenvalue weighted by atomic mass is 9.81. The molecule has 1 aromatic rings. The predicted molar refractivity (Wildman–Crippen MR) is 67.4 cm³/mol. The van der Waals surface area contributed by atoms with E-state index in [9.17, 15) is 18.4 Å². The molecule has 8 heteroatoms. The zero-order valence-electron chi connectivity index (χ0n) is 11.2. The van der Waals surface area contributed by atoms with Gasteiger partial charge < -0.3 is 11.1 Å². The number of aromatic nitrogens is 2. The Bertz CT molecular complexity index is 546. The van der Waals surface area contributed by atoms with Gasteiger partial charge in [0.15, 0.2) is 0 Å². The Hall–Kier alpha value is -1.99. The number of hydrogen-bond acceptors (Lipinski definition) is 3. The van der Waals surface area contributed by atoms with Gasteiger partial charge in [-0.1, -0.05) is 0 Å². The number of carbonyl (C=O) groups is 2. The Morgan fingerprint density at radius 3 is 2.55 bits per heavy atom. The second-order valence-corrected chi connectivity index (χ2v) is 5.26. The van der Waals surface area contributed by atoms with E-state index in [2.05, 4.69) is 10.4 Å². The van der Waals surface area contributed by atoms with Crippen LogP contribution in [-0.4, -0.2) is 27.5 Å². The summed E-state index contributed by atoms with van der Waals surface area (Å²) in [6.45, 7) is 3.62. The van der Waals surface area contributed by atoms with E-state index in [1.165, 1.54) is 10.9 Å². The van der Waals surface area contributed by atoms with Crippen molar-refractivity contribution >= 4 is 17.6 Å². The first-order valence-electron chi connectivity index (χ1n) is 6.27. The van der Waals surface area contributed by atoms with E-state index in [0.29, 0.717) is 0 Å². The van der Waals surface area contributed by atoms with E-state index >= 15 is 0 Å². The number of halogens is 2. The van der Waals surface area contributed by atoms with Crippen molar-refractivity contribution in [2.24, 2.45) is 11.7 Å². The van der Waals surface area contributed by atoms with E-state index < -0.39 is 36.5 Å². The number of amides is 2. The second kappa shape index (κ2) is 4.84. The van der Waals surface area contributed by atoms with Gasteiger partial charge >= 0.3 is 0 Å². The minimum Gasteiger partial charge on any atom is -0.365 e. The van der Waals surface area contributed by atoms with Crippen LogP contribution in [-0.2, 0) is 4.79 Å². The number of nitrogens with zero attached hydrogens (tertiary/aromatic N) is 2. The first kappa shape index (κ1) is 14.4. The van der Waals surface area contributed by atoms with E-state index in [1.54, 1.807) is 0 Å². The van der Waals surface area contributed by atoms with Crippen LogP contribution in [0.4, 0.5) is 14.6 Å².